The van der Waals surface area contributed by atoms with Gasteiger partial charge < -0.3 is 10.2 Å². The summed E-state index contributed by atoms with van der Waals surface area (Å²) in [4.78, 5) is 14.2. The summed E-state index contributed by atoms with van der Waals surface area (Å²) in [5.74, 6) is -0.00221. The standard InChI is InChI=1S/C20H26N2O/c1-4-16-7-5-8-19(15-16)17-9-11-18(12-10-17)20(23)21-13-6-14-22(2)3/h5,7-12,15H,4,6,13-14H2,1-3H3,(H,21,23). The minimum Gasteiger partial charge on any atom is -0.352 e. The minimum absolute atomic E-state index is 0.00221. The fraction of sp³-hybridized carbons (Fsp3) is 0.350. The summed E-state index contributed by atoms with van der Waals surface area (Å²) in [7, 11) is 4.07. The van der Waals surface area contributed by atoms with E-state index in [4.69, 9.17) is 0 Å². The van der Waals surface area contributed by atoms with Crippen LogP contribution in [0.25, 0.3) is 11.1 Å². The quantitative estimate of drug-likeness (QED) is 0.793. The van der Waals surface area contributed by atoms with Crippen LogP contribution in [0.15, 0.2) is 48.5 Å². The van der Waals surface area contributed by atoms with Gasteiger partial charge in [0.2, 0.25) is 0 Å². The van der Waals surface area contributed by atoms with Crippen LogP contribution in [0.4, 0.5) is 0 Å². The van der Waals surface area contributed by atoms with Crippen molar-refractivity contribution in [3.05, 3.63) is 59.7 Å². The Morgan fingerprint density at radius 3 is 2.43 bits per heavy atom. The van der Waals surface area contributed by atoms with Crippen molar-refractivity contribution in [3.8, 4) is 11.1 Å². The molecule has 0 fully saturated rings. The van der Waals surface area contributed by atoms with E-state index in [0.717, 1.165) is 24.9 Å². The number of benzene rings is 2. The molecule has 3 heteroatoms. The summed E-state index contributed by atoms with van der Waals surface area (Å²) >= 11 is 0. The van der Waals surface area contributed by atoms with Crippen LogP contribution in [-0.2, 0) is 6.42 Å². The molecule has 0 atom stereocenters. The van der Waals surface area contributed by atoms with Gasteiger partial charge in [-0.05, 0) is 62.3 Å². The fourth-order valence-electron chi connectivity index (χ4n) is 2.48. The highest BCUT2D eigenvalue weighted by Crippen LogP contribution is 2.21. The SMILES string of the molecule is CCc1cccc(-c2ccc(C(=O)NCCCN(C)C)cc2)c1. The molecule has 1 N–H and O–H groups in total. The Hall–Kier alpha value is -2.13. The van der Waals surface area contributed by atoms with Gasteiger partial charge in [0.05, 0.1) is 0 Å². The van der Waals surface area contributed by atoms with Gasteiger partial charge in [-0.1, -0.05) is 43.3 Å². The molecule has 0 aliphatic carbocycles. The predicted molar refractivity (Wildman–Crippen MR) is 96.8 cm³/mol. The Bertz CT molecular complexity index is 632. The zero-order valence-electron chi connectivity index (χ0n) is 14.3. The molecule has 23 heavy (non-hydrogen) atoms. The number of rotatable bonds is 7. The number of hydrogen-bond donors (Lipinski definition) is 1. The Morgan fingerprint density at radius 1 is 1.04 bits per heavy atom. The number of amides is 1. The van der Waals surface area contributed by atoms with E-state index in [2.05, 4.69) is 41.4 Å². The summed E-state index contributed by atoms with van der Waals surface area (Å²) < 4.78 is 0. The molecule has 0 heterocycles. The molecule has 2 aromatic carbocycles. The van der Waals surface area contributed by atoms with Crippen LogP contribution < -0.4 is 5.32 Å². The molecule has 0 saturated carbocycles. The summed E-state index contributed by atoms with van der Waals surface area (Å²) in [6.07, 6.45) is 1.99. The van der Waals surface area contributed by atoms with Gasteiger partial charge in [0.15, 0.2) is 0 Å². The third-order valence-corrected chi connectivity index (χ3v) is 3.88. The van der Waals surface area contributed by atoms with Gasteiger partial charge in [0, 0.05) is 12.1 Å². The van der Waals surface area contributed by atoms with Gasteiger partial charge in [0.25, 0.3) is 5.91 Å². The predicted octanol–water partition coefficient (Wildman–Crippen LogP) is 3.60. The third-order valence-electron chi connectivity index (χ3n) is 3.88. The van der Waals surface area contributed by atoms with Crippen molar-refractivity contribution < 1.29 is 4.79 Å². The van der Waals surface area contributed by atoms with Gasteiger partial charge in [-0.3, -0.25) is 4.79 Å². The molecule has 1 amide bonds. The van der Waals surface area contributed by atoms with Crippen molar-refractivity contribution >= 4 is 5.91 Å². The van der Waals surface area contributed by atoms with Crippen LogP contribution in [-0.4, -0.2) is 38.0 Å². The largest absolute Gasteiger partial charge is 0.352 e. The second-order valence-corrected chi connectivity index (χ2v) is 6.04. The van der Waals surface area contributed by atoms with Crippen LogP contribution >= 0.6 is 0 Å². The average Bonchev–Trinajstić information content (AvgIpc) is 2.58. The minimum atomic E-state index is -0.00221. The summed E-state index contributed by atoms with van der Waals surface area (Å²) in [6, 6.07) is 16.4. The number of hydrogen-bond acceptors (Lipinski definition) is 2. The average molecular weight is 310 g/mol. The molecular formula is C20H26N2O. The molecule has 0 aliphatic heterocycles. The lowest BCUT2D eigenvalue weighted by atomic mass is 10.0. The lowest BCUT2D eigenvalue weighted by Crippen LogP contribution is -2.27. The topological polar surface area (TPSA) is 32.3 Å². The maximum absolute atomic E-state index is 12.1. The Labute approximate surface area is 139 Å². The van der Waals surface area contributed by atoms with E-state index in [0.29, 0.717) is 12.1 Å². The first-order chi connectivity index (χ1) is 11.1. The van der Waals surface area contributed by atoms with Crippen LogP contribution in [0, 0.1) is 0 Å². The van der Waals surface area contributed by atoms with Crippen LogP contribution in [0.3, 0.4) is 0 Å². The molecule has 0 radical (unpaired) electrons. The number of nitrogens with one attached hydrogen (secondary N) is 1. The first-order valence-electron chi connectivity index (χ1n) is 8.22. The van der Waals surface area contributed by atoms with Crippen molar-refractivity contribution in [2.75, 3.05) is 27.2 Å². The van der Waals surface area contributed by atoms with Gasteiger partial charge >= 0.3 is 0 Å². The molecule has 2 aromatic rings. The van der Waals surface area contributed by atoms with Gasteiger partial charge in [0.1, 0.15) is 0 Å². The highest BCUT2D eigenvalue weighted by atomic mass is 16.1. The van der Waals surface area contributed by atoms with E-state index < -0.39 is 0 Å². The Kier molecular flexibility index (Phi) is 6.36. The molecule has 0 bridgehead atoms. The van der Waals surface area contributed by atoms with E-state index in [1.165, 1.54) is 11.1 Å². The lowest BCUT2D eigenvalue weighted by Gasteiger charge is -2.10. The van der Waals surface area contributed by atoms with Gasteiger partial charge in [-0.25, -0.2) is 0 Å². The molecule has 0 aliphatic rings. The van der Waals surface area contributed by atoms with Gasteiger partial charge in [-0.2, -0.15) is 0 Å². The maximum atomic E-state index is 12.1. The van der Waals surface area contributed by atoms with E-state index >= 15 is 0 Å². The second-order valence-electron chi connectivity index (χ2n) is 6.04. The van der Waals surface area contributed by atoms with Crippen LogP contribution in [0.1, 0.15) is 29.3 Å². The zero-order chi connectivity index (χ0) is 16.7. The molecule has 122 valence electrons. The molecule has 0 unspecified atom stereocenters. The highest BCUT2D eigenvalue weighted by Gasteiger charge is 2.05. The van der Waals surface area contributed by atoms with E-state index in [-0.39, 0.29) is 5.91 Å². The Morgan fingerprint density at radius 2 is 1.78 bits per heavy atom. The number of carbonyl (C=O) groups excluding carboxylic acids is 1. The molecule has 0 spiro atoms. The van der Waals surface area contributed by atoms with Gasteiger partial charge in [-0.15, -0.1) is 0 Å². The van der Waals surface area contributed by atoms with E-state index in [1.807, 2.05) is 38.4 Å². The summed E-state index contributed by atoms with van der Waals surface area (Å²) in [5.41, 5.74) is 4.38. The first-order valence-corrected chi connectivity index (χ1v) is 8.22. The van der Waals surface area contributed by atoms with Crippen LogP contribution in [0.5, 0.6) is 0 Å². The zero-order valence-corrected chi connectivity index (χ0v) is 14.3. The fourth-order valence-corrected chi connectivity index (χ4v) is 2.48. The summed E-state index contributed by atoms with van der Waals surface area (Å²) in [5, 5.41) is 2.97. The molecular weight excluding hydrogens is 284 g/mol. The lowest BCUT2D eigenvalue weighted by molar-refractivity contribution is 0.0952. The maximum Gasteiger partial charge on any atom is 0.251 e. The smallest absolute Gasteiger partial charge is 0.251 e. The van der Waals surface area contributed by atoms with Crippen LogP contribution in [0.2, 0.25) is 0 Å². The van der Waals surface area contributed by atoms with Crippen molar-refractivity contribution in [1.82, 2.24) is 10.2 Å². The molecule has 0 aromatic heterocycles. The van der Waals surface area contributed by atoms with Crippen molar-refractivity contribution in [3.63, 3.8) is 0 Å². The normalized spacial score (nSPS) is 10.8. The first kappa shape index (κ1) is 17.2. The highest BCUT2D eigenvalue weighted by molar-refractivity contribution is 5.94. The molecule has 3 nitrogen and oxygen atoms in total. The van der Waals surface area contributed by atoms with E-state index in [1.54, 1.807) is 0 Å². The third kappa shape index (κ3) is 5.22. The Balaban J connectivity index is 1.97. The van der Waals surface area contributed by atoms with Crippen molar-refractivity contribution in [1.29, 1.82) is 0 Å². The van der Waals surface area contributed by atoms with Crippen molar-refractivity contribution in [2.45, 2.75) is 19.8 Å². The van der Waals surface area contributed by atoms with Crippen molar-refractivity contribution in [2.24, 2.45) is 0 Å². The molecule has 2 rings (SSSR count). The number of aryl methyl sites for hydroxylation is 1. The van der Waals surface area contributed by atoms with E-state index in [9.17, 15) is 4.79 Å². The number of nitrogens with zero attached hydrogens (tertiary/aromatic N) is 1. The second kappa shape index (κ2) is 8.49. The monoisotopic (exact) mass is 310 g/mol. The summed E-state index contributed by atoms with van der Waals surface area (Å²) in [6.45, 7) is 3.84. The molecule has 0 saturated heterocycles. The number of carbonyl (C=O) groups is 1.